The molecule has 0 radical (unpaired) electrons. The van der Waals surface area contributed by atoms with Crippen LogP contribution in [0, 0.1) is 0 Å². The molecule has 0 saturated carbocycles. The average molecular weight is 206 g/mol. The van der Waals surface area contributed by atoms with Crippen LogP contribution in [0.4, 0.5) is 0 Å². The van der Waals surface area contributed by atoms with Crippen LogP contribution in [0.25, 0.3) is 0 Å². The molecule has 1 heterocycles. The van der Waals surface area contributed by atoms with Crippen molar-refractivity contribution < 1.29 is 15.3 Å². The molecule has 0 saturated heterocycles. The fourth-order valence-electron chi connectivity index (χ4n) is 0.848. The van der Waals surface area contributed by atoms with E-state index in [0.717, 1.165) is 0 Å². The van der Waals surface area contributed by atoms with Gasteiger partial charge in [-0.25, -0.2) is 0 Å². The van der Waals surface area contributed by atoms with Gasteiger partial charge in [0.1, 0.15) is 12.2 Å². The van der Waals surface area contributed by atoms with Crippen LogP contribution >= 0.6 is 12.4 Å². The number of aliphatic hydroxyl groups is 3. The molecule has 3 N–H and O–H groups in total. The van der Waals surface area contributed by atoms with Crippen molar-refractivity contribution in [2.24, 2.45) is 0 Å². The SMILES string of the molecule is Cl.OC[C@@H](O)[C@@H](O)c1ccccn1. The molecule has 1 rings (SSSR count). The van der Waals surface area contributed by atoms with Crippen LogP contribution < -0.4 is 0 Å². The van der Waals surface area contributed by atoms with E-state index in [4.69, 9.17) is 10.2 Å². The summed E-state index contributed by atoms with van der Waals surface area (Å²) in [4.78, 5) is 3.83. The second-order valence-electron chi connectivity index (χ2n) is 2.45. The van der Waals surface area contributed by atoms with E-state index in [1.807, 2.05) is 0 Å². The van der Waals surface area contributed by atoms with Gasteiger partial charge in [-0.3, -0.25) is 4.98 Å². The molecule has 1 aromatic rings. The second kappa shape index (κ2) is 5.88. The van der Waals surface area contributed by atoms with Crippen LogP contribution in [0.5, 0.6) is 0 Å². The van der Waals surface area contributed by atoms with Gasteiger partial charge in [0.2, 0.25) is 0 Å². The molecule has 0 amide bonds. The lowest BCUT2D eigenvalue weighted by Gasteiger charge is -2.14. The van der Waals surface area contributed by atoms with Crippen LogP contribution in [-0.4, -0.2) is 33.0 Å². The normalized spacial score (nSPS) is 14.4. The maximum atomic E-state index is 9.32. The van der Waals surface area contributed by atoms with Crippen molar-refractivity contribution >= 4 is 12.4 Å². The molecule has 4 nitrogen and oxygen atoms in total. The van der Waals surface area contributed by atoms with Crippen LogP contribution in [0.3, 0.4) is 0 Å². The number of hydrogen-bond acceptors (Lipinski definition) is 4. The quantitative estimate of drug-likeness (QED) is 0.644. The lowest BCUT2D eigenvalue weighted by molar-refractivity contribution is -0.0172. The van der Waals surface area contributed by atoms with E-state index in [1.165, 1.54) is 6.20 Å². The van der Waals surface area contributed by atoms with Gasteiger partial charge in [-0.15, -0.1) is 12.4 Å². The minimum Gasteiger partial charge on any atom is -0.394 e. The predicted octanol–water partition coefficient (Wildman–Crippen LogP) is -0.110. The maximum Gasteiger partial charge on any atom is 0.124 e. The third-order valence-corrected chi connectivity index (χ3v) is 1.54. The molecule has 13 heavy (non-hydrogen) atoms. The fourth-order valence-corrected chi connectivity index (χ4v) is 0.848. The van der Waals surface area contributed by atoms with Crippen LogP contribution in [-0.2, 0) is 0 Å². The summed E-state index contributed by atoms with van der Waals surface area (Å²) in [5.41, 5.74) is 0.360. The first-order valence-electron chi connectivity index (χ1n) is 3.63. The Labute approximate surface area is 82.3 Å². The highest BCUT2D eigenvalue weighted by molar-refractivity contribution is 5.85. The number of halogens is 1. The van der Waals surface area contributed by atoms with Gasteiger partial charge in [0.25, 0.3) is 0 Å². The Morgan fingerprint density at radius 1 is 1.31 bits per heavy atom. The molecule has 74 valence electrons. The molecule has 2 atom stereocenters. The largest absolute Gasteiger partial charge is 0.394 e. The van der Waals surface area contributed by atoms with Crippen molar-refractivity contribution in [2.75, 3.05) is 6.61 Å². The first kappa shape index (κ1) is 12.3. The summed E-state index contributed by atoms with van der Waals surface area (Å²) >= 11 is 0. The summed E-state index contributed by atoms with van der Waals surface area (Å²) in [6, 6.07) is 5.00. The van der Waals surface area contributed by atoms with Gasteiger partial charge >= 0.3 is 0 Å². The summed E-state index contributed by atoms with van der Waals surface area (Å²) in [5.74, 6) is 0. The lowest BCUT2D eigenvalue weighted by Crippen LogP contribution is -2.22. The van der Waals surface area contributed by atoms with Crippen LogP contribution in [0.1, 0.15) is 11.8 Å². The molecule has 0 unspecified atom stereocenters. The zero-order valence-corrected chi connectivity index (χ0v) is 7.68. The summed E-state index contributed by atoms with van der Waals surface area (Å²) in [7, 11) is 0. The average Bonchev–Trinajstić information content (AvgIpc) is 2.17. The molecule has 0 bridgehead atoms. The monoisotopic (exact) mass is 205 g/mol. The number of pyridine rings is 1. The number of aliphatic hydroxyl groups excluding tert-OH is 3. The molecule has 0 fully saturated rings. The van der Waals surface area contributed by atoms with E-state index >= 15 is 0 Å². The van der Waals surface area contributed by atoms with E-state index in [1.54, 1.807) is 18.2 Å². The predicted molar refractivity (Wildman–Crippen MR) is 49.5 cm³/mol. The number of aromatic nitrogens is 1. The Morgan fingerprint density at radius 3 is 2.46 bits per heavy atom. The second-order valence-corrected chi connectivity index (χ2v) is 2.45. The van der Waals surface area contributed by atoms with Crippen molar-refractivity contribution in [3.05, 3.63) is 30.1 Å². The molecular weight excluding hydrogens is 194 g/mol. The fraction of sp³-hybridized carbons (Fsp3) is 0.375. The number of hydrogen-bond donors (Lipinski definition) is 3. The first-order valence-corrected chi connectivity index (χ1v) is 3.63. The Hall–Kier alpha value is -0.680. The topological polar surface area (TPSA) is 73.6 Å². The van der Waals surface area contributed by atoms with Gasteiger partial charge in [0.05, 0.1) is 12.3 Å². The van der Waals surface area contributed by atoms with Crippen molar-refractivity contribution in [2.45, 2.75) is 12.2 Å². The van der Waals surface area contributed by atoms with E-state index in [-0.39, 0.29) is 12.4 Å². The number of rotatable bonds is 3. The van der Waals surface area contributed by atoms with E-state index < -0.39 is 18.8 Å². The summed E-state index contributed by atoms with van der Waals surface area (Å²) in [5, 5.41) is 26.9. The van der Waals surface area contributed by atoms with E-state index in [2.05, 4.69) is 4.98 Å². The van der Waals surface area contributed by atoms with Crippen LogP contribution in [0.2, 0.25) is 0 Å². The summed E-state index contributed by atoms with van der Waals surface area (Å²) < 4.78 is 0. The smallest absolute Gasteiger partial charge is 0.124 e. The van der Waals surface area contributed by atoms with E-state index in [9.17, 15) is 5.11 Å². The molecular formula is C8H12ClNO3. The standard InChI is InChI=1S/C8H11NO3.ClH/c10-5-7(11)8(12)6-3-1-2-4-9-6;/h1-4,7-8,10-12H,5H2;1H/t7-,8+;/m1./s1. The van der Waals surface area contributed by atoms with E-state index in [0.29, 0.717) is 5.69 Å². The highest BCUT2D eigenvalue weighted by Gasteiger charge is 2.17. The molecule has 5 heteroatoms. The van der Waals surface area contributed by atoms with Gasteiger partial charge in [0, 0.05) is 6.20 Å². The Morgan fingerprint density at radius 2 is 2.00 bits per heavy atom. The zero-order valence-electron chi connectivity index (χ0n) is 6.87. The molecule has 0 aliphatic carbocycles. The number of nitrogens with zero attached hydrogens (tertiary/aromatic N) is 1. The van der Waals surface area contributed by atoms with Crippen molar-refractivity contribution in [3.63, 3.8) is 0 Å². The molecule has 0 aliphatic rings. The Kier molecular flexibility index (Phi) is 5.57. The molecule has 1 aromatic heterocycles. The molecule has 0 spiro atoms. The minimum absolute atomic E-state index is 0. The zero-order chi connectivity index (χ0) is 8.97. The highest BCUT2D eigenvalue weighted by atomic mass is 35.5. The van der Waals surface area contributed by atoms with Crippen molar-refractivity contribution in [1.29, 1.82) is 0 Å². The van der Waals surface area contributed by atoms with Crippen LogP contribution in [0.15, 0.2) is 24.4 Å². The molecule has 0 aromatic carbocycles. The molecule has 0 aliphatic heterocycles. The Bertz CT molecular complexity index is 232. The third kappa shape index (κ3) is 3.28. The summed E-state index contributed by atoms with van der Waals surface area (Å²) in [6.07, 6.45) is -0.765. The van der Waals surface area contributed by atoms with Gasteiger partial charge in [0.15, 0.2) is 0 Å². The van der Waals surface area contributed by atoms with Gasteiger partial charge < -0.3 is 15.3 Å². The van der Waals surface area contributed by atoms with Crippen molar-refractivity contribution in [3.8, 4) is 0 Å². The Balaban J connectivity index is 0.00000144. The lowest BCUT2D eigenvalue weighted by atomic mass is 10.1. The maximum absolute atomic E-state index is 9.32. The van der Waals surface area contributed by atoms with Gasteiger partial charge in [-0.05, 0) is 12.1 Å². The third-order valence-electron chi connectivity index (χ3n) is 1.54. The van der Waals surface area contributed by atoms with Gasteiger partial charge in [-0.2, -0.15) is 0 Å². The highest BCUT2D eigenvalue weighted by Crippen LogP contribution is 2.12. The first-order chi connectivity index (χ1) is 5.75. The van der Waals surface area contributed by atoms with Crippen molar-refractivity contribution in [1.82, 2.24) is 4.98 Å². The summed E-state index contributed by atoms with van der Waals surface area (Å²) in [6.45, 7) is -0.474. The van der Waals surface area contributed by atoms with Gasteiger partial charge in [-0.1, -0.05) is 6.07 Å². The minimum atomic E-state index is -1.17.